The summed E-state index contributed by atoms with van der Waals surface area (Å²) < 4.78 is 15.7. The molecular formula is C19H24N2O6. The number of carbonyl (C=O) groups is 3. The molecule has 0 aromatic heterocycles. The molecule has 1 aromatic carbocycles. The highest BCUT2D eigenvalue weighted by Crippen LogP contribution is 2.15. The maximum Gasteiger partial charge on any atom is 0.338 e. The van der Waals surface area contributed by atoms with Gasteiger partial charge in [-0.1, -0.05) is 18.2 Å². The van der Waals surface area contributed by atoms with Crippen molar-refractivity contribution in [2.24, 2.45) is 0 Å². The van der Waals surface area contributed by atoms with E-state index in [1.165, 1.54) is 0 Å². The van der Waals surface area contributed by atoms with Gasteiger partial charge in [0.1, 0.15) is 12.4 Å². The zero-order valence-electron chi connectivity index (χ0n) is 15.4. The zero-order chi connectivity index (χ0) is 19.6. The second-order valence-electron chi connectivity index (χ2n) is 5.86. The van der Waals surface area contributed by atoms with Gasteiger partial charge in [0.2, 0.25) is 0 Å². The molecule has 1 aliphatic heterocycles. The number of amides is 2. The number of carbonyl (C=O) groups excluding carboxylic acids is 3. The van der Waals surface area contributed by atoms with Crippen LogP contribution in [0.15, 0.2) is 41.6 Å². The van der Waals surface area contributed by atoms with Gasteiger partial charge in [0.25, 0.3) is 0 Å². The Morgan fingerprint density at radius 1 is 1.15 bits per heavy atom. The molecule has 2 N–H and O–H groups in total. The zero-order valence-corrected chi connectivity index (χ0v) is 15.4. The third-order valence-corrected chi connectivity index (χ3v) is 3.78. The molecule has 0 saturated heterocycles. The summed E-state index contributed by atoms with van der Waals surface area (Å²) in [6, 6.07) is 8.30. The normalized spacial score (nSPS) is 16.2. The molecule has 27 heavy (non-hydrogen) atoms. The van der Waals surface area contributed by atoms with Gasteiger partial charge >= 0.3 is 18.0 Å². The SMILES string of the molecule is CCOC(=O)C1=C(COC(=O)CCCOc2ccccc2)NC(=O)N[C@H]1C. The van der Waals surface area contributed by atoms with Crippen LogP contribution < -0.4 is 15.4 Å². The fraction of sp³-hybridized carbons (Fsp3) is 0.421. The molecule has 0 radical (unpaired) electrons. The highest BCUT2D eigenvalue weighted by atomic mass is 16.5. The lowest BCUT2D eigenvalue weighted by atomic mass is 10.0. The van der Waals surface area contributed by atoms with Crippen LogP contribution in [0.1, 0.15) is 26.7 Å². The summed E-state index contributed by atoms with van der Waals surface area (Å²) in [5.74, 6) is -0.260. The van der Waals surface area contributed by atoms with Crippen LogP contribution in [0, 0.1) is 0 Å². The van der Waals surface area contributed by atoms with Gasteiger partial charge in [-0.3, -0.25) is 4.79 Å². The molecule has 1 atom stereocenters. The highest BCUT2D eigenvalue weighted by Gasteiger charge is 2.30. The van der Waals surface area contributed by atoms with E-state index in [-0.39, 0.29) is 30.9 Å². The lowest BCUT2D eigenvalue weighted by Gasteiger charge is -2.26. The monoisotopic (exact) mass is 376 g/mol. The summed E-state index contributed by atoms with van der Waals surface area (Å²) in [6.45, 7) is 3.73. The van der Waals surface area contributed by atoms with Crippen molar-refractivity contribution in [3.8, 4) is 5.75 Å². The van der Waals surface area contributed by atoms with Crippen LogP contribution in [0.2, 0.25) is 0 Å². The first-order valence-electron chi connectivity index (χ1n) is 8.82. The summed E-state index contributed by atoms with van der Waals surface area (Å²) in [4.78, 5) is 35.6. The number of para-hydroxylation sites is 1. The number of hydrogen-bond acceptors (Lipinski definition) is 6. The van der Waals surface area contributed by atoms with E-state index in [0.29, 0.717) is 13.0 Å². The first-order valence-corrected chi connectivity index (χ1v) is 8.82. The van der Waals surface area contributed by atoms with Crippen molar-refractivity contribution in [3.63, 3.8) is 0 Å². The predicted octanol–water partition coefficient (Wildman–Crippen LogP) is 1.91. The third kappa shape index (κ3) is 6.32. The molecule has 8 heteroatoms. The Balaban J connectivity index is 1.82. The van der Waals surface area contributed by atoms with E-state index >= 15 is 0 Å². The molecule has 8 nitrogen and oxygen atoms in total. The number of benzene rings is 1. The van der Waals surface area contributed by atoms with Gasteiger partial charge in [-0.2, -0.15) is 0 Å². The Bertz CT molecular complexity index is 701. The average Bonchev–Trinajstić information content (AvgIpc) is 2.64. The number of rotatable bonds is 9. The van der Waals surface area contributed by atoms with Crippen LogP contribution in [0.3, 0.4) is 0 Å². The van der Waals surface area contributed by atoms with Gasteiger partial charge in [-0.15, -0.1) is 0 Å². The van der Waals surface area contributed by atoms with Crippen LogP contribution >= 0.6 is 0 Å². The van der Waals surface area contributed by atoms with Gasteiger partial charge in [-0.05, 0) is 32.4 Å². The predicted molar refractivity (Wildman–Crippen MR) is 96.9 cm³/mol. The number of hydrogen-bond donors (Lipinski definition) is 2. The smallest absolute Gasteiger partial charge is 0.338 e. The Labute approximate surface area is 157 Å². The minimum atomic E-state index is -0.556. The van der Waals surface area contributed by atoms with Gasteiger partial charge in [0, 0.05) is 6.42 Å². The highest BCUT2D eigenvalue weighted by molar-refractivity contribution is 5.94. The van der Waals surface area contributed by atoms with Crippen LogP contribution in [0.4, 0.5) is 4.79 Å². The van der Waals surface area contributed by atoms with Crippen molar-refractivity contribution < 1.29 is 28.6 Å². The topological polar surface area (TPSA) is 103 Å². The van der Waals surface area contributed by atoms with E-state index in [1.54, 1.807) is 13.8 Å². The molecule has 2 amide bonds. The molecule has 0 unspecified atom stereocenters. The Kier molecular flexibility index (Phi) is 7.66. The lowest BCUT2D eigenvalue weighted by Crippen LogP contribution is -2.50. The van der Waals surface area contributed by atoms with Crippen molar-refractivity contribution in [2.75, 3.05) is 19.8 Å². The van der Waals surface area contributed by atoms with Crippen molar-refractivity contribution in [3.05, 3.63) is 41.6 Å². The van der Waals surface area contributed by atoms with E-state index in [4.69, 9.17) is 14.2 Å². The quantitative estimate of drug-likeness (QED) is 0.504. The Hall–Kier alpha value is -3.03. The standard InChI is InChI=1S/C19H24N2O6/c1-3-25-18(23)17-13(2)20-19(24)21-15(17)12-27-16(22)10-7-11-26-14-8-5-4-6-9-14/h4-6,8-9,13H,3,7,10-12H2,1-2H3,(H2,20,21,24)/t13-/m0/s1. The van der Waals surface area contributed by atoms with Crippen molar-refractivity contribution in [1.82, 2.24) is 10.6 Å². The van der Waals surface area contributed by atoms with Crippen LogP contribution in [-0.4, -0.2) is 43.8 Å². The Morgan fingerprint density at radius 2 is 1.89 bits per heavy atom. The van der Waals surface area contributed by atoms with Crippen LogP contribution in [0.25, 0.3) is 0 Å². The van der Waals surface area contributed by atoms with Crippen LogP contribution in [0.5, 0.6) is 5.75 Å². The van der Waals surface area contributed by atoms with Gasteiger partial charge in [-0.25, -0.2) is 9.59 Å². The maximum absolute atomic E-state index is 12.1. The van der Waals surface area contributed by atoms with Crippen molar-refractivity contribution in [2.45, 2.75) is 32.7 Å². The third-order valence-electron chi connectivity index (χ3n) is 3.78. The molecule has 0 bridgehead atoms. The van der Waals surface area contributed by atoms with Crippen molar-refractivity contribution >= 4 is 18.0 Å². The fourth-order valence-electron chi connectivity index (χ4n) is 2.54. The molecule has 0 spiro atoms. The van der Waals surface area contributed by atoms with Gasteiger partial charge < -0.3 is 24.8 Å². The summed E-state index contributed by atoms with van der Waals surface area (Å²) >= 11 is 0. The second-order valence-corrected chi connectivity index (χ2v) is 5.86. The average molecular weight is 376 g/mol. The van der Waals surface area contributed by atoms with E-state index < -0.39 is 24.0 Å². The molecule has 1 heterocycles. The maximum atomic E-state index is 12.1. The molecule has 1 aliphatic rings. The largest absolute Gasteiger partial charge is 0.494 e. The van der Waals surface area contributed by atoms with Gasteiger partial charge in [0.05, 0.1) is 30.5 Å². The molecule has 0 saturated carbocycles. The number of esters is 2. The van der Waals surface area contributed by atoms with E-state index in [1.807, 2.05) is 30.3 Å². The minimum absolute atomic E-state index is 0.163. The second kappa shape index (κ2) is 10.2. The summed E-state index contributed by atoms with van der Waals surface area (Å²) in [7, 11) is 0. The first-order chi connectivity index (χ1) is 13.0. The number of urea groups is 1. The summed E-state index contributed by atoms with van der Waals surface area (Å²) in [5, 5.41) is 5.09. The molecule has 2 rings (SSSR count). The van der Waals surface area contributed by atoms with E-state index in [0.717, 1.165) is 5.75 Å². The summed E-state index contributed by atoms with van der Waals surface area (Å²) in [5.41, 5.74) is 0.482. The van der Waals surface area contributed by atoms with Crippen LogP contribution in [-0.2, 0) is 19.1 Å². The van der Waals surface area contributed by atoms with E-state index in [2.05, 4.69) is 10.6 Å². The lowest BCUT2D eigenvalue weighted by molar-refractivity contribution is -0.144. The minimum Gasteiger partial charge on any atom is -0.494 e. The first kappa shape index (κ1) is 20.3. The van der Waals surface area contributed by atoms with Gasteiger partial charge in [0.15, 0.2) is 0 Å². The van der Waals surface area contributed by atoms with Crippen molar-refractivity contribution in [1.29, 1.82) is 0 Å². The fourth-order valence-corrected chi connectivity index (χ4v) is 2.54. The number of ether oxygens (including phenoxy) is 3. The molecule has 146 valence electrons. The van der Waals surface area contributed by atoms with E-state index in [9.17, 15) is 14.4 Å². The Morgan fingerprint density at radius 3 is 2.59 bits per heavy atom. The summed E-state index contributed by atoms with van der Waals surface area (Å²) in [6.07, 6.45) is 0.651. The molecule has 0 fully saturated rings. The molecular weight excluding hydrogens is 352 g/mol. The molecule has 1 aromatic rings. The molecule has 0 aliphatic carbocycles. The number of nitrogens with one attached hydrogen (secondary N) is 2.